The Hall–Kier alpha value is 0.330. The van der Waals surface area contributed by atoms with Crippen molar-refractivity contribution in [2.45, 2.75) is 19.8 Å². The maximum atomic E-state index is 5.17. The fraction of sp³-hybridized carbons (Fsp3) is 0.800. The number of halogens is 1. The Labute approximate surface area is 77.9 Å². The molecule has 0 fully saturated rings. The average Bonchev–Trinajstić information content (AvgIpc) is 1.80. The third kappa shape index (κ3) is 11.2. The summed E-state index contributed by atoms with van der Waals surface area (Å²) in [6.45, 7) is 2.15. The van der Waals surface area contributed by atoms with E-state index in [1.165, 1.54) is 12.8 Å². The Morgan fingerprint density at radius 2 is 2.30 bits per heavy atom. The van der Waals surface area contributed by atoms with Crippen LogP contribution in [-0.4, -0.2) is 10.9 Å². The number of thiocarbonyl (C=S) groups is 1. The van der Waals surface area contributed by atoms with Crippen molar-refractivity contribution in [1.82, 2.24) is 4.72 Å². The summed E-state index contributed by atoms with van der Waals surface area (Å²) < 4.78 is 2.81. The number of nitrogens with two attached hydrogens (primary N) is 1. The van der Waals surface area contributed by atoms with Gasteiger partial charge in [-0.3, -0.25) is 0 Å². The van der Waals surface area contributed by atoms with Crippen molar-refractivity contribution in [3.8, 4) is 0 Å². The van der Waals surface area contributed by atoms with E-state index >= 15 is 0 Å². The molecule has 0 rings (SSSR count). The van der Waals surface area contributed by atoms with Gasteiger partial charge in [-0.15, -0.1) is 12.4 Å². The summed E-state index contributed by atoms with van der Waals surface area (Å²) in [6.07, 6.45) is 2.42. The minimum absolute atomic E-state index is 0. The molecule has 2 nitrogen and oxygen atoms in total. The van der Waals surface area contributed by atoms with Gasteiger partial charge in [0, 0.05) is 5.75 Å². The molecule has 0 amide bonds. The molecular weight excluding hydrogens is 188 g/mol. The van der Waals surface area contributed by atoms with Crippen LogP contribution in [0.1, 0.15) is 19.8 Å². The van der Waals surface area contributed by atoms with Gasteiger partial charge in [0.2, 0.25) is 0 Å². The molecular formula is C5H13ClN2S2. The van der Waals surface area contributed by atoms with Crippen LogP contribution in [0.15, 0.2) is 0 Å². The van der Waals surface area contributed by atoms with Gasteiger partial charge in [0.1, 0.15) is 0 Å². The summed E-state index contributed by atoms with van der Waals surface area (Å²) in [5, 5.41) is 0.371. The highest BCUT2D eigenvalue weighted by atomic mass is 35.5. The zero-order chi connectivity index (χ0) is 7.11. The van der Waals surface area contributed by atoms with Gasteiger partial charge in [-0.25, -0.2) is 0 Å². The van der Waals surface area contributed by atoms with Crippen molar-refractivity contribution in [3.05, 3.63) is 0 Å². The van der Waals surface area contributed by atoms with E-state index in [0.717, 1.165) is 5.75 Å². The first kappa shape index (κ1) is 13.0. The Kier molecular flexibility index (Phi) is 12.1. The molecule has 0 saturated carbocycles. The highest BCUT2D eigenvalue weighted by molar-refractivity contribution is 7.98. The standard InChI is InChI=1S/C5H12N2S2.ClH/c1-2-3-4-9-7-5(6)8;/h2-4H2,1H3,(H3,6,7,8);1H. The van der Waals surface area contributed by atoms with Gasteiger partial charge in [0.15, 0.2) is 5.11 Å². The quantitative estimate of drug-likeness (QED) is 0.412. The third-order valence-corrected chi connectivity index (χ3v) is 1.86. The van der Waals surface area contributed by atoms with E-state index in [4.69, 9.17) is 5.73 Å². The lowest BCUT2D eigenvalue weighted by atomic mass is 10.4. The van der Waals surface area contributed by atoms with Crippen LogP contribution in [-0.2, 0) is 0 Å². The average molecular weight is 201 g/mol. The first-order valence-corrected chi connectivity index (χ1v) is 4.34. The van der Waals surface area contributed by atoms with Crippen molar-refractivity contribution in [1.29, 1.82) is 0 Å². The van der Waals surface area contributed by atoms with E-state index in [-0.39, 0.29) is 12.4 Å². The van der Waals surface area contributed by atoms with E-state index in [2.05, 4.69) is 23.9 Å². The van der Waals surface area contributed by atoms with Crippen molar-refractivity contribution in [3.63, 3.8) is 0 Å². The van der Waals surface area contributed by atoms with Crippen LogP contribution in [0.5, 0.6) is 0 Å². The summed E-state index contributed by atoms with van der Waals surface area (Å²) in [6, 6.07) is 0. The zero-order valence-electron chi connectivity index (χ0n) is 5.92. The summed E-state index contributed by atoms with van der Waals surface area (Å²) in [7, 11) is 0. The van der Waals surface area contributed by atoms with Gasteiger partial charge in [0.05, 0.1) is 0 Å². The molecule has 0 unspecified atom stereocenters. The van der Waals surface area contributed by atoms with E-state index < -0.39 is 0 Å². The van der Waals surface area contributed by atoms with E-state index in [9.17, 15) is 0 Å². The van der Waals surface area contributed by atoms with Crippen LogP contribution < -0.4 is 10.5 Å². The van der Waals surface area contributed by atoms with Gasteiger partial charge < -0.3 is 10.5 Å². The van der Waals surface area contributed by atoms with Crippen molar-refractivity contribution in [2.24, 2.45) is 5.73 Å². The molecule has 0 aliphatic heterocycles. The SMILES string of the molecule is CCCCSNC(N)=S.Cl. The number of hydrogen-bond acceptors (Lipinski definition) is 2. The van der Waals surface area contributed by atoms with Crippen LogP contribution in [0.25, 0.3) is 0 Å². The lowest BCUT2D eigenvalue weighted by molar-refractivity contribution is 0.895. The zero-order valence-corrected chi connectivity index (χ0v) is 8.37. The van der Waals surface area contributed by atoms with Crippen molar-refractivity contribution >= 4 is 41.7 Å². The lowest BCUT2D eigenvalue weighted by Gasteiger charge is -1.99. The molecule has 0 bridgehead atoms. The molecule has 3 N–H and O–H groups in total. The van der Waals surface area contributed by atoms with Gasteiger partial charge in [-0.1, -0.05) is 25.3 Å². The predicted molar refractivity (Wildman–Crippen MR) is 54.5 cm³/mol. The van der Waals surface area contributed by atoms with Gasteiger partial charge >= 0.3 is 0 Å². The van der Waals surface area contributed by atoms with Gasteiger partial charge in [-0.2, -0.15) is 0 Å². The van der Waals surface area contributed by atoms with E-state index in [0.29, 0.717) is 5.11 Å². The van der Waals surface area contributed by atoms with Gasteiger partial charge in [0.25, 0.3) is 0 Å². The van der Waals surface area contributed by atoms with Crippen LogP contribution in [0, 0.1) is 0 Å². The summed E-state index contributed by atoms with van der Waals surface area (Å²) in [5.74, 6) is 1.08. The number of unbranched alkanes of at least 4 members (excludes halogenated alkanes) is 1. The summed E-state index contributed by atoms with van der Waals surface area (Å²) in [5.41, 5.74) is 5.17. The molecule has 0 atom stereocenters. The number of rotatable bonds is 4. The molecule has 0 aliphatic carbocycles. The molecule has 0 spiro atoms. The van der Waals surface area contributed by atoms with Crippen molar-refractivity contribution < 1.29 is 0 Å². The smallest absolute Gasteiger partial charge is 0.173 e. The fourth-order valence-electron chi connectivity index (χ4n) is 0.339. The molecule has 62 valence electrons. The fourth-order valence-corrected chi connectivity index (χ4v) is 1.19. The lowest BCUT2D eigenvalue weighted by Crippen LogP contribution is -2.22. The normalized spacial score (nSPS) is 8.10. The molecule has 0 aromatic rings. The Balaban J connectivity index is 0. The molecule has 0 aromatic heterocycles. The van der Waals surface area contributed by atoms with Crippen LogP contribution in [0.2, 0.25) is 0 Å². The second-order valence-corrected chi connectivity index (χ2v) is 3.01. The molecule has 0 radical (unpaired) electrons. The summed E-state index contributed by atoms with van der Waals surface area (Å²) >= 11 is 6.16. The second kappa shape index (κ2) is 9.33. The first-order valence-electron chi connectivity index (χ1n) is 2.94. The largest absolute Gasteiger partial charge is 0.376 e. The molecule has 0 aliphatic rings. The molecule has 0 heterocycles. The highest BCUT2D eigenvalue weighted by Gasteiger charge is 1.86. The summed E-state index contributed by atoms with van der Waals surface area (Å²) in [4.78, 5) is 0. The highest BCUT2D eigenvalue weighted by Crippen LogP contribution is 1.97. The van der Waals surface area contributed by atoms with Crippen LogP contribution >= 0.6 is 36.6 Å². The van der Waals surface area contributed by atoms with E-state index in [1.54, 1.807) is 11.9 Å². The molecule has 0 saturated heterocycles. The topological polar surface area (TPSA) is 38.0 Å². The number of hydrogen-bond donors (Lipinski definition) is 2. The Bertz CT molecular complexity index is 89.7. The van der Waals surface area contributed by atoms with E-state index in [1.807, 2.05) is 0 Å². The molecule has 0 aromatic carbocycles. The first-order chi connectivity index (χ1) is 4.27. The van der Waals surface area contributed by atoms with Crippen LogP contribution in [0.3, 0.4) is 0 Å². The van der Waals surface area contributed by atoms with Crippen LogP contribution in [0.4, 0.5) is 0 Å². The monoisotopic (exact) mass is 200 g/mol. The minimum atomic E-state index is 0. The third-order valence-electron chi connectivity index (χ3n) is 0.773. The molecule has 10 heavy (non-hydrogen) atoms. The number of nitrogens with one attached hydrogen (secondary N) is 1. The van der Waals surface area contributed by atoms with Crippen molar-refractivity contribution in [2.75, 3.05) is 5.75 Å². The maximum absolute atomic E-state index is 5.17. The maximum Gasteiger partial charge on any atom is 0.173 e. The van der Waals surface area contributed by atoms with Gasteiger partial charge in [-0.05, 0) is 18.6 Å². The minimum Gasteiger partial charge on any atom is -0.376 e. The Morgan fingerprint density at radius 1 is 1.70 bits per heavy atom. The second-order valence-electron chi connectivity index (χ2n) is 1.67. The Morgan fingerprint density at radius 3 is 2.70 bits per heavy atom. The predicted octanol–water partition coefficient (Wildman–Crippen LogP) is 1.69. The molecule has 5 heteroatoms.